The predicted molar refractivity (Wildman–Crippen MR) is 100 cm³/mol. The number of aliphatic hydroxyl groups is 1. The second-order valence-electron chi connectivity index (χ2n) is 6.26. The van der Waals surface area contributed by atoms with Crippen LogP contribution in [-0.2, 0) is 4.79 Å². The fourth-order valence-corrected chi connectivity index (χ4v) is 3.02. The molecule has 0 spiro atoms. The van der Waals surface area contributed by atoms with Gasteiger partial charge in [0.15, 0.2) is 11.5 Å². The number of nitrogens with zero attached hydrogens (tertiary/aromatic N) is 2. The van der Waals surface area contributed by atoms with Crippen molar-refractivity contribution in [1.82, 2.24) is 9.80 Å². The molecule has 1 aromatic carbocycles. The molecule has 26 heavy (non-hydrogen) atoms. The van der Waals surface area contributed by atoms with Crippen LogP contribution in [0.5, 0.6) is 11.5 Å². The molecule has 2 aliphatic rings. The number of carbonyl (C=O) groups excluding carboxylic acids is 1. The fourth-order valence-electron chi connectivity index (χ4n) is 2.92. The Morgan fingerprint density at radius 1 is 1.19 bits per heavy atom. The van der Waals surface area contributed by atoms with Gasteiger partial charge in [0.25, 0.3) is 0 Å². The number of amides is 1. The lowest BCUT2D eigenvalue weighted by atomic mass is 10.2. The molecule has 3 rings (SSSR count). The molecule has 2 heterocycles. The first-order valence-electron chi connectivity index (χ1n) is 8.65. The van der Waals surface area contributed by atoms with Gasteiger partial charge < -0.3 is 19.5 Å². The molecular weight excluding hydrogens is 356 g/mol. The highest BCUT2D eigenvalue weighted by Crippen LogP contribution is 2.32. The quantitative estimate of drug-likeness (QED) is 0.464. The van der Waals surface area contributed by atoms with Crippen LogP contribution in [0, 0.1) is 0 Å². The van der Waals surface area contributed by atoms with Gasteiger partial charge in [0.2, 0.25) is 12.7 Å². The summed E-state index contributed by atoms with van der Waals surface area (Å²) in [5, 5.41) is 9.59. The van der Waals surface area contributed by atoms with Gasteiger partial charge in [-0.1, -0.05) is 24.3 Å². The second-order valence-corrected chi connectivity index (χ2v) is 6.57. The van der Waals surface area contributed by atoms with E-state index in [0.29, 0.717) is 19.6 Å². The number of hydrogen-bond donors (Lipinski definition) is 1. The summed E-state index contributed by atoms with van der Waals surface area (Å²) >= 11 is 5.62. The van der Waals surface area contributed by atoms with E-state index in [9.17, 15) is 9.90 Å². The lowest BCUT2D eigenvalue weighted by Gasteiger charge is -2.34. The number of piperazine rings is 1. The van der Waals surface area contributed by atoms with Crippen molar-refractivity contribution in [3.05, 3.63) is 42.0 Å². The van der Waals surface area contributed by atoms with E-state index >= 15 is 0 Å². The Balaban J connectivity index is 1.45. The molecule has 0 aromatic heterocycles. The van der Waals surface area contributed by atoms with Crippen LogP contribution in [0.2, 0.25) is 0 Å². The molecule has 1 fully saturated rings. The number of allylic oxidation sites excluding steroid dienone is 2. The van der Waals surface area contributed by atoms with Gasteiger partial charge in [-0.2, -0.15) is 0 Å². The highest BCUT2D eigenvalue weighted by Gasteiger charge is 2.20. The lowest BCUT2D eigenvalue weighted by molar-refractivity contribution is -0.127. The predicted octanol–water partition coefficient (Wildman–Crippen LogP) is 1.73. The summed E-state index contributed by atoms with van der Waals surface area (Å²) in [6.07, 6.45) is 6.56. The highest BCUT2D eigenvalue weighted by atomic mass is 35.5. The van der Waals surface area contributed by atoms with Crippen molar-refractivity contribution in [3.8, 4) is 11.5 Å². The number of ether oxygens (including phenoxy) is 2. The number of alkyl halides is 1. The molecule has 0 aliphatic carbocycles. The maximum absolute atomic E-state index is 12.2. The van der Waals surface area contributed by atoms with Gasteiger partial charge in [0.05, 0.1) is 6.10 Å². The molecule has 0 saturated carbocycles. The van der Waals surface area contributed by atoms with E-state index in [1.807, 2.05) is 35.3 Å². The van der Waals surface area contributed by atoms with Crippen LogP contribution in [0.3, 0.4) is 0 Å². The molecule has 1 saturated heterocycles. The number of benzene rings is 1. The first kappa shape index (κ1) is 18.8. The van der Waals surface area contributed by atoms with Crippen LogP contribution in [0.4, 0.5) is 0 Å². The van der Waals surface area contributed by atoms with Gasteiger partial charge in [0, 0.05) is 44.7 Å². The highest BCUT2D eigenvalue weighted by molar-refractivity contribution is 6.18. The zero-order valence-corrected chi connectivity index (χ0v) is 15.3. The van der Waals surface area contributed by atoms with E-state index in [1.165, 1.54) is 0 Å². The Bertz CT molecular complexity index is 684. The fraction of sp³-hybridized carbons (Fsp3) is 0.421. The molecule has 0 radical (unpaired) electrons. The molecule has 1 atom stereocenters. The third-order valence-electron chi connectivity index (χ3n) is 4.37. The largest absolute Gasteiger partial charge is 0.454 e. The summed E-state index contributed by atoms with van der Waals surface area (Å²) in [6, 6.07) is 5.72. The SMILES string of the molecule is O=C(C=CC=Cc1ccc2c(c1)OCO2)N1CCN(CC(O)CCl)CC1. The van der Waals surface area contributed by atoms with E-state index < -0.39 is 6.10 Å². The second kappa shape index (κ2) is 9.07. The van der Waals surface area contributed by atoms with E-state index in [1.54, 1.807) is 12.2 Å². The first-order valence-corrected chi connectivity index (χ1v) is 9.19. The molecule has 140 valence electrons. The number of carbonyl (C=O) groups is 1. The minimum absolute atomic E-state index is 0.00196. The van der Waals surface area contributed by atoms with Crippen LogP contribution in [-0.4, -0.2) is 72.3 Å². The van der Waals surface area contributed by atoms with E-state index in [0.717, 1.165) is 30.2 Å². The molecule has 2 aliphatic heterocycles. The molecule has 1 amide bonds. The summed E-state index contributed by atoms with van der Waals surface area (Å²) in [5.41, 5.74) is 0.984. The molecular formula is C19H23ClN2O4. The maximum Gasteiger partial charge on any atom is 0.246 e. The maximum atomic E-state index is 12.2. The Morgan fingerprint density at radius 3 is 2.73 bits per heavy atom. The van der Waals surface area contributed by atoms with Gasteiger partial charge >= 0.3 is 0 Å². The minimum atomic E-state index is -0.514. The van der Waals surface area contributed by atoms with Gasteiger partial charge in [-0.3, -0.25) is 9.69 Å². The van der Waals surface area contributed by atoms with Crippen LogP contribution < -0.4 is 9.47 Å². The van der Waals surface area contributed by atoms with Crippen LogP contribution in [0.25, 0.3) is 6.08 Å². The minimum Gasteiger partial charge on any atom is -0.454 e. The molecule has 7 heteroatoms. The Labute approximate surface area is 158 Å². The van der Waals surface area contributed by atoms with Gasteiger partial charge in [0.1, 0.15) is 0 Å². The molecule has 1 unspecified atom stereocenters. The molecule has 1 N–H and O–H groups in total. The normalized spacial score (nSPS) is 18.8. The smallest absolute Gasteiger partial charge is 0.246 e. The number of halogens is 1. The van der Waals surface area contributed by atoms with Crippen molar-refractivity contribution in [2.75, 3.05) is 45.4 Å². The Morgan fingerprint density at radius 2 is 1.96 bits per heavy atom. The molecule has 0 bridgehead atoms. The van der Waals surface area contributed by atoms with Crippen molar-refractivity contribution in [2.24, 2.45) is 0 Å². The number of fused-ring (bicyclic) bond motifs is 1. The third kappa shape index (κ3) is 5.00. The zero-order valence-electron chi connectivity index (χ0n) is 14.5. The topological polar surface area (TPSA) is 62.2 Å². The molecule has 1 aromatic rings. The Hall–Kier alpha value is -2.02. The number of aliphatic hydroxyl groups excluding tert-OH is 1. The third-order valence-corrected chi connectivity index (χ3v) is 4.72. The summed E-state index contributed by atoms with van der Waals surface area (Å²) < 4.78 is 10.6. The van der Waals surface area contributed by atoms with Crippen molar-refractivity contribution in [2.45, 2.75) is 6.10 Å². The number of β-amino-alcohol motifs (C(OH)–C–C–N with tert-alkyl or cyclic N) is 1. The standard InChI is InChI=1S/C19H23ClN2O4/c20-12-16(23)13-21-7-9-22(10-8-21)19(24)4-2-1-3-15-5-6-17-18(11-15)26-14-25-17/h1-6,11,16,23H,7-10,12-14H2. The summed E-state index contributed by atoms with van der Waals surface area (Å²) in [4.78, 5) is 16.2. The number of rotatable bonds is 6. The monoisotopic (exact) mass is 378 g/mol. The zero-order chi connectivity index (χ0) is 18.4. The van der Waals surface area contributed by atoms with E-state index in [4.69, 9.17) is 21.1 Å². The first-order chi connectivity index (χ1) is 12.7. The van der Waals surface area contributed by atoms with Crippen LogP contribution >= 0.6 is 11.6 Å². The van der Waals surface area contributed by atoms with Gasteiger partial charge in [-0.05, 0) is 17.7 Å². The van der Waals surface area contributed by atoms with Crippen molar-refractivity contribution in [3.63, 3.8) is 0 Å². The van der Waals surface area contributed by atoms with Gasteiger partial charge in [-0.15, -0.1) is 11.6 Å². The van der Waals surface area contributed by atoms with E-state index in [2.05, 4.69) is 4.90 Å². The van der Waals surface area contributed by atoms with Crippen molar-refractivity contribution in [1.29, 1.82) is 0 Å². The summed E-state index contributed by atoms with van der Waals surface area (Å²) in [6.45, 7) is 3.63. The van der Waals surface area contributed by atoms with Crippen LogP contribution in [0.15, 0.2) is 36.4 Å². The molecule has 6 nitrogen and oxygen atoms in total. The number of hydrogen-bond acceptors (Lipinski definition) is 5. The Kier molecular flexibility index (Phi) is 6.55. The van der Waals surface area contributed by atoms with E-state index in [-0.39, 0.29) is 18.6 Å². The van der Waals surface area contributed by atoms with Gasteiger partial charge in [-0.25, -0.2) is 0 Å². The lowest BCUT2D eigenvalue weighted by Crippen LogP contribution is -2.50. The average Bonchev–Trinajstić information content (AvgIpc) is 3.13. The van der Waals surface area contributed by atoms with Crippen molar-refractivity contribution < 1.29 is 19.4 Å². The summed E-state index contributed by atoms with van der Waals surface area (Å²) in [7, 11) is 0. The van der Waals surface area contributed by atoms with Crippen molar-refractivity contribution >= 4 is 23.6 Å². The van der Waals surface area contributed by atoms with Crippen LogP contribution in [0.1, 0.15) is 5.56 Å². The average molecular weight is 379 g/mol. The summed E-state index contributed by atoms with van der Waals surface area (Å²) in [5.74, 6) is 1.73.